The second-order valence-corrected chi connectivity index (χ2v) is 7.03. The van der Waals surface area contributed by atoms with E-state index >= 15 is 0 Å². The number of piperidine rings is 1. The molecule has 2 aromatic heterocycles. The summed E-state index contributed by atoms with van der Waals surface area (Å²) in [6.45, 7) is 0.377. The number of aromatic amines is 1. The maximum absolute atomic E-state index is 12.9. The van der Waals surface area contributed by atoms with Crippen LogP contribution in [0.2, 0.25) is 0 Å². The lowest BCUT2D eigenvalue weighted by molar-refractivity contribution is 0.0558. The number of esters is 1. The van der Waals surface area contributed by atoms with E-state index in [1.54, 1.807) is 12.4 Å². The van der Waals surface area contributed by atoms with Gasteiger partial charge in [-0.3, -0.25) is 0 Å². The summed E-state index contributed by atoms with van der Waals surface area (Å²) in [6, 6.07) is 2.20. The number of hydrogen-bond acceptors (Lipinski definition) is 6. The van der Waals surface area contributed by atoms with Gasteiger partial charge in [0.1, 0.15) is 5.82 Å². The van der Waals surface area contributed by atoms with Crippen molar-refractivity contribution in [2.45, 2.75) is 30.4 Å². The lowest BCUT2D eigenvalue weighted by atomic mass is 10.0. The van der Waals surface area contributed by atoms with E-state index in [1.807, 2.05) is 0 Å². The fourth-order valence-electron chi connectivity index (χ4n) is 2.71. The van der Waals surface area contributed by atoms with Gasteiger partial charge in [0.05, 0.1) is 13.2 Å². The smallest absolute Gasteiger partial charge is 0.374 e. The van der Waals surface area contributed by atoms with E-state index in [0.717, 1.165) is 12.8 Å². The predicted molar refractivity (Wildman–Crippen MR) is 79.1 cm³/mol. The highest BCUT2D eigenvalue weighted by molar-refractivity contribution is 7.89. The number of sulfonamides is 1. The van der Waals surface area contributed by atoms with E-state index in [2.05, 4.69) is 14.7 Å². The molecule has 1 aliphatic rings. The molecular formula is C14H17N3O5S. The molecule has 1 N–H and O–H groups in total. The molecule has 0 saturated carbocycles. The van der Waals surface area contributed by atoms with Crippen molar-refractivity contribution in [2.75, 3.05) is 13.7 Å². The molecule has 0 bridgehead atoms. The van der Waals surface area contributed by atoms with Crippen molar-refractivity contribution < 1.29 is 22.4 Å². The number of H-pyrrole nitrogens is 1. The molecule has 0 aromatic carbocycles. The number of nitrogens with zero attached hydrogens (tertiary/aromatic N) is 2. The largest absolute Gasteiger partial charge is 0.463 e. The molecule has 124 valence electrons. The number of imidazole rings is 1. The summed E-state index contributed by atoms with van der Waals surface area (Å²) in [5.41, 5.74) is 0. The van der Waals surface area contributed by atoms with Crippen molar-refractivity contribution in [3.63, 3.8) is 0 Å². The van der Waals surface area contributed by atoms with Crippen molar-refractivity contribution in [2.24, 2.45) is 0 Å². The SMILES string of the molecule is COC(=O)c1ccc(S(=O)(=O)N2CCCC[C@H]2c2ncc[nH]2)o1. The van der Waals surface area contributed by atoms with Gasteiger partial charge in [-0.1, -0.05) is 6.42 Å². The van der Waals surface area contributed by atoms with E-state index < -0.39 is 16.0 Å². The zero-order valence-electron chi connectivity index (χ0n) is 12.6. The molecule has 2 aromatic rings. The third kappa shape index (κ3) is 2.89. The van der Waals surface area contributed by atoms with Gasteiger partial charge in [0, 0.05) is 18.9 Å². The summed E-state index contributed by atoms with van der Waals surface area (Å²) in [7, 11) is -2.65. The number of furan rings is 1. The van der Waals surface area contributed by atoms with Crippen LogP contribution in [0.25, 0.3) is 0 Å². The van der Waals surface area contributed by atoms with Crippen LogP contribution in [0.15, 0.2) is 34.0 Å². The first-order valence-corrected chi connectivity index (χ1v) is 8.67. The summed E-state index contributed by atoms with van der Waals surface area (Å²) in [6.07, 6.45) is 5.62. The Balaban J connectivity index is 1.93. The molecule has 0 unspecified atom stereocenters. The van der Waals surface area contributed by atoms with Crippen molar-refractivity contribution in [3.8, 4) is 0 Å². The topological polar surface area (TPSA) is 106 Å². The normalized spacial score (nSPS) is 19.6. The fourth-order valence-corrected chi connectivity index (χ4v) is 4.29. The Morgan fingerprint density at radius 2 is 2.26 bits per heavy atom. The Labute approximate surface area is 133 Å². The maximum atomic E-state index is 12.9. The van der Waals surface area contributed by atoms with Gasteiger partial charge in [0.25, 0.3) is 10.0 Å². The first kappa shape index (κ1) is 15.8. The minimum atomic E-state index is -3.86. The van der Waals surface area contributed by atoms with Gasteiger partial charge in [-0.15, -0.1) is 0 Å². The Morgan fingerprint density at radius 1 is 1.43 bits per heavy atom. The Bertz CT molecular complexity index is 781. The van der Waals surface area contributed by atoms with E-state index in [4.69, 9.17) is 4.42 Å². The number of ether oxygens (including phenoxy) is 1. The summed E-state index contributed by atoms with van der Waals surface area (Å²) in [4.78, 5) is 18.6. The number of nitrogens with one attached hydrogen (secondary N) is 1. The first-order valence-electron chi connectivity index (χ1n) is 7.23. The number of carbonyl (C=O) groups excluding carboxylic acids is 1. The zero-order chi connectivity index (χ0) is 16.4. The molecule has 9 heteroatoms. The Morgan fingerprint density at radius 3 is 2.96 bits per heavy atom. The van der Waals surface area contributed by atoms with Crippen molar-refractivity contribution in [3.05, 3.63) is 36.1 Å². The van der Waals surface area contributed by atoms with Gasteiger partial charge < -0.3 is 14.1 Å². The lowest BCUT2D eigenvalue weighted by Gasteiger charge is -2.32. The number of aromatic nitrogens is 2. The van der Waals surface area contributed by atoms with Crippen LogP contribution in [0.3, 0.4) is 0 Å². The molecular weight excluding hydrogens is 322 g/mol. The van der Waals surface area contributed by atoms with Gasteiger partial charge in [-0.2, -0.15) is 4.31 Å². The molecule has 0 amide bonds. The standard InChI is InChI=1S/C14H17N3O5S/c1-21-14(18)11-5-6-12(22-11)23(19,20)17-9-3-2-4-10(17)13-15-7-8-16-13/h5-8,10H,2-4,9H2,1H3,(H,15,16)/t10-/m0/s1. The number of rotatable bonds is 4. The second-order valence-electron chi connectivity index (χ2n) is 5.21. The van der Waals surface area contributed by atoms with Crippen LogP contribution in [0.5, 0.6) is 0 Å². The Hall–Kier alpha value is -2.13. The van der Waals surface area contributed by atoms with E-state index in [9.17, 15) is 13.2 Å². The molecule has 1 fully saturated rings. The Kier molecular flexibility index (Phi) is 4.22. The van der Waals surface area contributed by atoms with Crippen LogP contribution < -0.4 is 0 Å². The minimum Gasteiger partial charge on any atom is -0.463 e. The molecule has 8 nitrogen and oxygen atoms in total. The van der Waals surface area contributed by atoms with Gasteiger partial charge in [0.15, 0.2) is 0 Å². The summed E-state index contributed by atoms with van der Waals surface area (Å²) in [5.74, 6) is -0.252. The minimum absolute atomic E-state index is 0.141. The molecule has 1 atom stereocenters. The monoisotopic (exact) mass is 339 g/mol. The number of carbonyl (C=O) groups is 1. The van der Waals surface area contributed by atoms with E-state index in [0.29, 0.717) is 18.8 Å². The van der Waals surface area contributed by atoms with E-state index in [1.165, 1.54) is 23.5 Å². The molecule has 0 aliphatic carbocycles. The van der Waals surface area contributed by atoms with Gasteiger partial charge >= 0.3 is 5.97 Å². The van der Waals surface area contributed by atoms with E-state index in [-0.39, 0.29) is 16.9 Å². The summed E-state index contributed by atoms with van der Waals surface area (Å²) >= 11 is 0. The highest BCUT2D eigenvalue weighted by Gasteiger charge is 2.37. The van der Waals surface area contributed by atoms with Crippen LogP contribution in [0.1, 0.15) is 41.7 Å². The van der Waals surface area contributed by atoms with Crippen LogP contribution in [-0.2, 0) is 14.8 Å². The van der Waals surface area contributed by atoms with Crippen molar-refractivity contribution >= 4 is 16.0 Å². The predicted octanol–water partition coefficient (Wildman–Crippen LogP) is 1.71. The molecule has 23 heavy (non-hydrogen) atoms. The van der Waals surface area contributed by atoms with Gasteiger partial charge in [-0.05, 0) is 25.0 Å². The van der Waals surface area contributed by atoms with Crippen molar-refractivity contribution in [1.29, 1.82) is 0 Å². The number of methoxy groups -OCH3 is 1. The van der Waals surface area contributed by atoms with Crippen LogP contribution in [0.4, 0.5) is 0 Å². The van der Waals surface area contributed by atoms with Crippen LogP contribution >= 0.6 is 0 Å². The average Bonchev–Trinajstić information content (AvgIpc) is 3.25. The van der Waals surface area contributed by atoms with Crippen LogP contribution in [0, 0.1) is 0 Å². The molecule has 0 spiro atoms. The zero-order valence-corrected chi connectivity index (χ0v) is 13.4. The lowest BCUT2D eigenvalue weighted by Crippen LogP contribution is -2.38. The van der Waals surface area contributed by atoms with Crippen molar-refractivity contribution in [1.82, 2.24) is 14.3 Å². The highest BCUT2D eigenvalue weighted by Crippen LogP contribution is 2.34. The number of hydrogen-bond donors (Lipinski definition) is 1. The van der Waals surface area contributed by atoms with Gasteiger partial charge in [0.2, 0.25) is 10.9 Å². The molecule has 3 rings (SSSR count). The molecule has 1 aliphatic heterocycles. The molecule has 1 saturated heterocycles. The van der Waals surface area contributed by atoms with Gasteiger partial charge in [-0.25, -0.2) is 18.2 Å². The molecule has 0 radical (unpaired) electrons. The quantitative estimate of drug-likeness (QED) is 0.850. The maximum Gasteiger partial charge on any atom is 0.374 e. The average molecular weight is 339 g/mol. The molecule has 3 heterocycles. The summed E-state index contributed by atoms with van der Waals surface area (Å²) < 4.78 is 36.8. The highest BCUT2D eigenvalue weighted by atomic mass is 32.2. The van der Waals surface area contributed by atoms with Crippen LogP contribution in [-0.4, -0.2) is 42.3 Å². The third-order valence-corrected chi connectivity index (χ3v) is 5.60. The summed E-state index contributed by atoms with van der Waals surface area (Å²) in [5, 5.41) is -0.267. The fraction of sp³-hybridized carbons (Fsp3) is 0.429. The second kappa shape index (κ2) is 6.17. The first-order chi connectivity index (χ1) is 11.0. The third-order valence-electron chi connectivity index (χ3n) is 3.82.